The zero-order valence-electron chi connectivity index (χ0n) is 13.2. The molecular formula is C17H19ClN2O4. The molecule has 3 rings (SSSR count). The molecule has 0 saturated carbocycles. The van der Waals surface area contributed by atoms with Crippen LogP contribution in [0, 0.1) is 0 Å². The molecule has 2 saturated heterocycles. The molecular weight excluding hydrogens is 332 g/mol. The van der Waals surface area contributed by atoms with Crippen LogP contribution in [0.5, 0.6) is 0 Å². The number of likely N-dealkylation sites (tertiary alicyclic amines) is 1. The highest BCUT2D eigenvalue weighted by atomic mass is 35.5. The van der Waals surface area contributed by atoms with Gasteiger partial charge in [0.15, 0.2) is 6.61 Å². The Labute approximate surface area is 145 Å². The minimum Gasteiger partial charge on any atom is -0.439 e. The van der Waals surface area contributed by atoms with E-state index < -0.39 is 6.09 Å². The van der Waals surface area contributed by atoms with Crippen LogP contribution in [-0.4, -0.2) is 53.4 Å². The monoisotopic (exact) mass is 350 g/mol. The average Bonchev–Trinajstić information content (AvgIpc) is 2.92. The highest BCUT2D eigenvalue weighted by molar-refractivity contribution is 6.30. The van der Waals surface area contributed by atoms with Gasteiger partial charge in [-0.1, -0.05) is 23.7 Å². The summed E-state index contributed by atoms with van der Waals surface area (Å²) < 4.78 is 4.75. The molecule has 2 aliphatic heterocycles. The molecule has 0 aliphatic carbocycles. The maximum Gasteiger partial charge on any atom is 0.417 e. The predicted octanol–water partition coefficient (Wildman–Crippen LogP) is 2.24. The number of carbonyl (C=O) groups excluding carboxylic acids is 3. The summed E-state index contributed by atoms with van der Waals surface area (Å²) in [6.45, 7) is 0.934. The van der Waals surface area contributed by atoms with Crippen LogP contribution in [0.15, 0.2) is 24.3 Å². The van der Waals surface area contributed by atoms with Crippen LogP contribution >= 0.6 is 11.6 Å². The van der Waals surface area contributed by atoms with E-state index in [-0.39, 0.29) is 24.5 Å². The van der Waals surface area contributed by atoms with Crippen LogP contribution in [0.1, 0.15) is 24.8 Å². The molecule has 2 heterocycles. The lowest BCUT2D eigenvalue weighted by Gasteiger charge is -2.34. The van der Waals surface area contributed by atoms with E-state index in [0.29, 0.717) is 43.8 Å². The second-order valence-corrected chi connectivity index (χ2v) is 6.50. The van der Waals surface area contributed by atoms with E-state index in [4.69, 9.17) is 16.3 Å². The molecule has 1 aromatic rings. The molecule has 7 heteroatoms. The number of rotatable bonds is 4. The molecule has 3 amide bonds. The van der Waals surface area contributed by atoms with E-state index in [1.54, 1.807) is 4.90 Å². The summed E-state index contributed by atoms with van der Waals surface area (Å²) in [5.74, 6) is -0.200. The normalized spacial score (nSPS) is 18.9. The van der Waals surface area contributed by atoms with Crippen LogP contribution in [0.25, 0.3) is 0 Å². The molecule has 0 spiro atoms. The number of hydrogen-bond donors (Lipinski definition) is 0. The van der Waals surface area contributed by atoms with Crippen molar-refractivity contribution in [2.24, 2.45) is 0 Å². The Hall–Kier alpha value is -2.08. The lowest BCUT2D eigenvalue weighted by Crippen LogP contribution is -2.48. The first-order chi connectivity index (χ1) is 11.5. The van der Waals surface area contributed by atoms with Crippen LogP contribution in [0.3, 0.4) is 0 Å². The summed E-state index contributed by atoms with van der Waals surface area (Å²) in [6, 6.07) is 7.34. The van der Waals surface area contributed by atoms with Crippen LogP contribution < -0.4 is 0 Å². The smallest absolute Gasteiger partial charge is 0.417 e. The first-order valence-electron chi connectivity index (χ1n) is 8.05. The number of nitrogens with zero attached hydrogens (tertiary/aromatic N) is 2. The van der Waals surface area contributed by atoms with Gasteiger partial charge in [-0.05, 0) is 37.0 Å². The maximum atomic E-state index is 12.3. The van der Waals surface area contributed by atoms with Crippen LogP contribution in [-0.2, 0) is 20.7 Å². The Morgan fingerprint density at radius 3 is 2.62 bits per heavy atom. The SMILES string of the molecule is O=C(CCc1cccc(Cl)c1)N1CCC(N2C(=O)COC2=O)CC1. The van der Waals surface area contributed by atoms with Gasteiger partial charge < -0.3 is 9.64 Å². The molecule has 0 bridgehead atoms. The molecule has 0 aromatic heterocycles. The fraction of sp³-hybridized carbons (Fsp3) is 0.471. The highest BCUT2D eigenvalue weighted by Crippen LogP contribution is 2.21. The predicted molar refractivity (Wildman–Crippen MR) is 87.6 cm³/mol. The van der Waals surface area contributed by atoms with Gasteiger partial charge in [-0.3, -0.25) is 9.59 Å². The van der Waals surface area contributed by atoms with E-state index >= 15 is 0 Å². The Bertz CT molecular complexity index is 640. The van der Waals surface area contributed by atoms with Gasteiger partial charge in [0.1, 0.15) is 0 Å². The van der Waals surface area contributed by atoms with E-state index in [1.165, 1.54) is 4.90 Å². The van der Waals surface area contributed by atoms with Gasteiger partial charge in [0.2, 0.25) is 5.91 Å². The van der Waals surface area contributed by atoms with E-state index in [2.05, 4.69) is 0 Å². The maximum absolute atomic E-state index is 12.3. The molecule has 128 valence electrons. The summed E-state index contributed by atoms with van der Waals surface area (Å²) in [5.41, 5.74) is 1.04. The fourth-order valence-corrected chi connectivity index (χ4v) is 3.41. The third-order valence-electron chi connectivity index (χ3n) is 4.48. The number of imide groups is 1. The quantitative estimate of drug-likeness (QED) is 0.835. The van der Waals surface area contributed by atoms with Crippen molar-refractivity contribution < 1.29 is 19.1 Å². The Morgan fingerprint density at radius 2 is 2.00 bits per heavy atom. The fourth-order valence-electron chi connectivity index (χ4n) is 3.19. The summed E-state index contributed by atoms with van der Waals surface area (Å²) in [7, 11) is 0. The minimum absolute atomic E-state index is 0.0868. The van der Waals surface area contributed by atoms with Crippen LogP contribution in [0.4, 0.5) is 4.79 Å². The zero-order valence-corrected chi connectivity index (χ0v) is 14.0. The third-order valence-corrected chi connectivity index (χ3v) is 4.72. The molecule has 0 unspecified atom stereocenters. The first kappa shape index (κ1) is 16.8. The number of carbonyl (C=O) groups is 3. The molecule has 6 nitrogen and oxygen atoms in total. The second kappa shape index (κ2) is 7.21. The number of aryl methyl sites for hydroxylation is 1. The number of ether oxygens (including phenoxy) is 1. The van der Waals surface area contributed by atoms with Gasteiger partial charge in [0.25, 0.3) is 5.91 Å². The second-order valence-electron chi connectivity index (χ2n) is 6.06. The van der Waals surface area contributed by atoms with Crippen molar-refractivity contribution in [2.75, 3.05) is 19.7 Å². The lowest BCUT2D eigenvalue weighted by molar-refractivity contribution is -0.133. The molecule has 0 N–H and O–H groups in total. The number of amides is 3. The van der Waals surface area contributed by atoms with Crippen molar-refractivity contribution in [3.05, 3.63) is 34.9 Å². The molecule has 0 atom stereocenters. The van der Waals surface area contributed by atoms with Crippen molar-refractivity contribution in [3.63, 3.8) is 0 Å². The van der Waals surface area contributed by atoms with Gasteiger partial charge >= 0.3 is 6.09 Å². The molecule has 2 aliphatic rings. The van der Waals surface area contributed by atoms with Crippen molar-refractivity contribution in [1.29, 1.82) is 0 Å². The van der Waals surface area contributed by atoms with Crippen molar-refractivity contribution >= 4 is 29.5 Å². The zero-order chi connectivity index (χ0) is 17.1. The standard InChI is InChI=1S/C17H19ClN2O4/c18-13-3-1-2-12(10-13)4-5-15(21)19-8-6-14(7-9-19)20-16(22)11-24-17(20)23/h1-3,10,14H,4-9,11H2. The average molecular weight is 351 g/mol. The molecule has 1 aromatic carbocycles. The summed E-state index contributed by atoms with van der Waals surface area (Å²) in [4.78, 5) is 38.6. The number of hydrogen-bond acceptors (Lipinski definition) is 4. The van der Waals surface area contributed by atoms with Gasteiger partial charge in [-0.15, -0.1) is 0 Å². The van der Waals surface area contributed by atoms with Gasteiger partial charge in [-0.25, -0.2) is 9.69 Å². The Kier molecular flexibility index (Phi) is 5.04. The van der Waals surface area contributed by atoms with Gasteiger partial charge in [0.05, 0.1) is 0 Å². The van der Waals surface area contributed by atoms with Crippen LogP contribution in [0.2, 0.25) is 5.02 Å². The highest BCUT2D eigenvalue weighted by Gasteiger charge is 2.38. The molecule has 24 heavy (non-hydrogen) atoms. The van der Waals surface area contributed by atoms with Gasteiger partial charge in [-0.2, -0.15) is 0 Å². The Balaban J connectivity index is 1.48. The first-order valence-corrected chi connectivity index (χ1v) is 8.43. The third kappa shape index (κ3) is 3.70. The largest absolute Gasteiger partial charge is 0.439 e. The van der Waals surface area contributed by atoms with Gasteiger partial charge in [0, 0.05) is 30.6 Å². The number of benzene rings is 1. The summed E-state index contributed by atoms with van der Waals surface area (Å²) >= 11 is 5.95. The number of halogens is 1. The molecule has 2 fully saturated rings. The summed E-state index contributed by atoms with van der Waals surface area (Å²) in [6.07, 6.45) is 1.71. The van der Waals surface area contributed by atoms with Crippen molar-refractivity contribution in [1.82, 2.24) is 9.80 Å². The van der Waals surface area contributed by atoms with Crippen molar-refractivity contribution in [2.45, 2.75) is 31.7 Å². The molecule has 0 radical (unpaired) electrons. The lowest BCUT2D eigenvalue weighted by atomic mass is 10.0. The minimum atomic E-state index is -0.564. The Morgan fingerprint density at radius 1 is 1.25 bits per heavy atom. The number of piperidine rings is 1. The van der Waals surface area contributed by atoms with E-state index in [1.807, 2.05) is 24.3 Å². The van der Waals surface area contributed by atoms with E-state index in [9.17, 15) is 14.4 Å². The number of cyclic esters (lactones) is 1. The van der Waals surface area contributed by atoms with Crippen molar-refractivity contribution in [3.8, 4) is 0 Å². The van der Waals surface area contributed by atoms with E-state index in [0.717, 1.165) is 5.56 Å². The summed E-state index contributed by atoms with van der Waals surface area (Å²) in [5, 5.41) is 0.669. The topological polar surface area (TPSA) is 66.9 Å².